The maximum absolute atomic E-state index is 12.6. The highest BCUT2D eigenvalue weighted by Crippen LogP contribution is 2.61. The van der Waals surface area contributed by atoms with E-state index in [1.165, 1.54) is 38.5 Å². The fraction of sp³-hybridized carbons (Fsp3) is 0.571. The van der Waals surface area contributed by atoms with Crippen LogP contribution in [-0.4, -0.2) is 22.2 Å². The average molecular weight is 382 g/mol. The van der Waals surface area contributed by atoms with Crippen LogP contribution in [0.4, 0.5) is 5.13 Å². The van der Waals surface area contributed by atoms with Crippen LogP contribution in [0.3, 0.4) is 0 Å². The number of hydrogen-bond donors (Lipinski definition) is 1. The highest BCUT2D eigenvalue weighted by atomic mass is 32.1. The molecule has 0 radical (unpaired) electrons. The second-order valence-corrected chi connectivity index (χ2v) is 10.00. The number of para-hydroxylation sites is 1. The first-order valence-electron chi connectivity index (χ1n) is 10.1. The molecule has 5 aliphatic rings. The number of ether oxygens (including phenoxy) is 1. The van der Waals surface area contributed by atoms with Crippen molar-refractivity contribution in [2.24, 2.45) is 17.8 Å². The Morgan fingerprint density at radius 1 is 1.07 bits per heavy atom. The Kier molecular flexibility index (Phi) is 3.43. The lowest BCUT2D eigenvalue weighted by Crippen LogP contribution is -2.48. The van der Waals surface area contributed by atoms with Gasteiger partial charge in [-0.3, -0.25) is 10.1 Å². The molecule has 4 bridgehead atoms. The van der Waals surface area contributed by atoms with Gasteiger partial charge in [-0.05, 0) is 67.9 Å². The fourth-order valence-corrected chi connectivity index (χ4v) is 7.34. The molecule has 4 aliphatic carbocycles. The molecule has 140 valence electrons. The lowest BCUT2D eigenvalue weighted by molar-refractivity contribution is -0.122. The fourth-order valence-electron chi connectivity index (χ4n) is 6.37. The van der Waals surface area contributed by atoms with Gasteiger partial charge in [-0.25, -0.2) is 0 Å². The number of nitrogens with zero attached hydrogens (tertiary/aromatic N) is 2. The standard InChI is InChI=1S/C21H23N3O2S/c25-18(17-8-15-3-1-2-4-16(15)26-17)22-20-24-23-19(27-20)21-9-12-5-13(10-21)7-14(6-12)11-21/h1-4,12-14,17H,5-11H2,(H,22,24,25). The summed E-state index contributed by atoms with van der Waals surface area (Å²) >= 11 is 1.58. The Morgan fingerprint density at radius 3 is 2.48 bits per heavy atom. The number of benzene rings is 1. The minimum absolute atomic E-state index is 0.126. The van der Waals surface area contributed by atoms with E-state index in [0.29, 0.717) is 11.6 Å². The topological polar surface area (TPSA) is 64.1 Å². The number of anilines is 1. The molecule has 4 saturated carbocycles. The zero-order chi connectivity index (χ0) is 18.0. The van der Waals surface area contributed by atoms with E-state index in [4.69, 9.17) is 4.74 Å². The highest BCUT2D eigenvalue weighted by molar-refractivity contribution is 7.15. The van der Waals surface area contributed by atoms with E-state index in [1.54, 1.807) is 11.3 Å². The molecule has 1 N–H and O–H groups in total. The van der Waals surface area contributed by atoms with Crippen molar-refractivity contribution in [1.29, 1.82) is 0 Å². The minimum Gasteiger partial charge on any atom is -0.480 e. The van der Waals surface area contributed by atoms with Crippen LogP contribution in [0.15, 0.2) is 24.3 Å². The van der Waals surface area contributed by atoms with Gasteiger partial charge in [0.2, 0.25) is 5.13 Å². The van der Waals surface area contributed by atoms with Gasteiger partial charge in [0.1, 0.15) is 10.8 Å². The monoisotopic (exact) mass is 381 g/mol. The zero-order valence-corrected chi connectivity index (χ0v) is 16.0. The van der Waals surface area contributed by atoms with E-state index < -0.39 is 6.10 Å². The molecular weight excluding hydrogens is 358 g/mol. The molecule has 2 heterocycles. The molecule has 1 aliphatic heterocycles. The van der Waals surface area contributed by atoms with Crippen LogP contribution in [0.5, 0.6) is 5.75 Å². The second-order valence-electron chi connectivity index (χ2n) is 9.02. The minimum atomic E-state index is -0.478. The van der Waals surface area contributed by atoms with Crippen LogP contribution in [-0.2, 0) is 16.6 Å². The van der Waals surface area contributed by atoms with Crippen molar-refractivity contribution < 1.29 is 9.53 Å². The van der Waals surface area contributed by atoms with Crippen molar-refractivity contribution in [2.45, 2.75) is 56.5 Å². The van der Waals surface area contributed by atoms with E-state index in [1.807, 2.05) is 24.3 Å². The van der Waals surface area contributed by atoms with E-state index >= 15 is 0 Å². The first-order chi connectivity index (χ1) is 13.2. The third-order valence-corrected chi connectivity index (χ3v) is 8.17. The van der Waals surface area contributed by atoms with Crippen molar-refractivity contribution in [3.05, 3.63) is 34.8 Å². The molecule has 1 atom stereocenters. The van der Waals surface area contributed by atoms with Crippen LogP contribution in [0.25, 0.3) is 0 Å². The van der Waals surface area contributed by atoms with Gasteiger partial charge in [0.25, 0.3) is 5.91 Å². The molecule has 2 aromatic rings. The molecule has 0 saturated heterocycles. The molecule has 1 unspecified atom stereocenters. The summed E-state index contributed by atoms with van der Waals surface area (Å²) in [6.07, 6.45) is 8.19. The van der Waals surface area contributed by atoms with Gasteiger partial charge in [-0.2, -0.15) is 0 Å². The molecule has 7 rings (SSSR count). The first-order valence-corrected chi connectivity index (χ1v) is 10.9. The maximum Gasteiger partial charge on any atom is 0.267 e. The van der Waals surface area contributed by atoms with E-state index in [0.717, 1.165) is 34.1 Å². The van der Waals surface area contributed by atoms with Crippen molar-refractivity contribution in [1.82, 2.24) is 10.2 Å². The summed E-state index contributed by atoms with van der Waals surface area (Å²) in [5.41, 5.74) is 1.32. The molecule has 27 heavy (non-hydrogen) atoms. The summed E-state index contributed by atoms with van der Waals surface area (Å²) in [6, 6.07) is 7.84. The number of nitrogens with one attached hydrogen (secondary N) is 1. The van der Waals surface area contributed by atoms with E-state index in [-0.39, 0.29) is 11.3 Å². The predicted octanol–water partition coefficient (Wildman–Crippen LogP) is 3.95. The van der Waals surface area contributed by atoms with Crippen LogP contribution in [0.1, 0.15) is 49.1 Å². The number of fused-ring (bicyclic) bond motifs is 1. The number of aromatic nitrogens is 2. The molecule has 0 spiro atoms. The number of carbonyl (C=O) groups excluding carboxylic acids is 1. The lowest BCUT2D eigenvalue weighted by Gasteiger charge is -2.55. The van der Waals surface area contributed by atoms with Gasteiger partial charge in [0.05, 0.1) is 0 Å². The SMILES string of the molecule is O=C(Nc1nnc(C23CC4CC(CC(C4)C2)C3)s1)C1Cc2ccccc2O1. The molecule has 5 nitrogen and oxygen atoms in total. The number of carbonyl (C=O) groups is 1. The first kappa shape index (κ1) is 16.0. The highest BCUT2D eigenvalue weighted by Gasteiger charge is 2.53. The Bertz CT molecular complexity index is 848. The molecule has 6 heteroatoms. The summed E-state index contributed by atoms with van der Waals surface area (Å²) in [5.74, 6) is 3.32. The van der Waals surface area contributed by atoms with E-state index in [9.17, 15) is 4.79 Å². The smallest absolute Gasteiger partial charge is 0.267 e. The maximum atomic E-state index is 12.6. The third-order valence-electron chi connectivity index (χ3n) is 7.09. The molecule has 1 amide bonds. The lowest BCUT2D eigenvalue weighted by atomic mass is 9.50. The Labute approximate surface area is 162 Å². The quantitative estimate of drug-likeness (QED) is 0.874. The summed E-state index contributed by atoms with van der Waals surface area (Å²) in [6.45, 7) is 0. The number of hydrogen-bond acceptors (Lipinski definition) is 5. The molecule has 4 fully saturated rings. The largest absolute Gasteiger partial charge is 0.480 e. The number of rotatable bonds is 3. The van der Waals surface area contributed by atoms with Gasteiger partial charge in [-0.15, -0.1) is 10.2 Å². The van der Waals surface area contributed by atoms with Crippen LogP contribution in [0, 0.1) is 17.8 Å². The zero-order valence-electron chi connectivity index (χ0n) is 15.2. The van der Waals surface area contributed by atoms with Gasteiger partial charge < -0.3 is 4.74 Å². The molecule has 1 aromatic carbocycles. The normalized spacial score (nSPS) is 35.7. The predicted molar refractivity (Wildman–Crippen MR) is 103 cm³/mol. The van der Waals surface area contributed by atoms with Gasteiger partial charge in [-0.1, -0.05) is 29.5 Å². The average Bonchev–Trinajstić information content (AvgIpc) is 3.27. The van der Waals surface area contributed by atoms with Gasteiger partial charge >= 0.3 is 0 Å². The van der Waals surface area contributed by atoms with Crippen molar-refractivity contribution in [3.63, 3.8) is 0 Å². The van der Waals surface area contributed by atoms with Gasteiger partial charge in [0.15, 0.2) is 6.10 Å². The Hall–Kier alpha value is -1.95. The summed E-state index contributed by atoms with van der Waals surface area (Å²) in [7, 11) is 0. The van der Waals surface area contributed by atoms with Crippen molar-refractivity contribution >= 4 is 22.4 Å². The Balaban J connectivity index is 1.18. The summed E-state index contributed by atoms with van der Waals surface area (Å²) in [4.78, 5) is 12.6. The number of amides is 1. The van der Waals surface area contributed by atoms with Crippen molar-refractivity contribution in [2.75, 3.05) is 5.32 Å². The van der Waals surface area contributed by atoms with Crippen LogP contribution < -0.4 is 10.1 Å². The molecule has 1 aromatic heterocycles. The van der Waals surface area contributed by atoms with E-state index in [2.05, 4.69) is 15.5 Å². The van der Waals surface area contributed by atoms with Crippen LogP contribution in [0.2, 0.25) is 0 Å². The summed E-state index contributed by atoms with van der Waals surface area (Å²) < 4.78 is 5.79. The third kappa shape index (κ3) is 2.60. The van der Waals surface area contributed by atoms with Gasteiger partial charge in [0, 0.05) is 11.8 Å². The van der Waals surface area contributed by atoms with Crippen LogP contribution >= 0.6 is 11.3 Å². The van der Waals surface area contributed by atoms with Crippen molar-refractivity contribution in [3.8, 4) is 5.75 Å². The second kappa shape index (κ2) is 5.77. The summed E-state index contributed by atoms with van der Waals surface area (Å²) in [5, 5.41) is 13.6. The molecular formula is C21H23N3O2S. The Morgan fingerprint density at radius 2 is 1.78 bits per heavy atom.